The zero-order chi connectivity index (χ0) is 15.9. The Kier molecular flexibility index (Phi) is 6.71. The van der Waals surface area contributed by atoms with E-state index in [0.717, 1.165) is 18.6 Å². The summed E-state index contributed by atoms with van der Waals surface area (Å²) in [6.45, 7) is 7.77. The van der Waals surface area contributed by atoms with Crippen molar-refractivity contribution < 1.29 is 9.84 Å². The van der Waals surface area contributed by atoms with E-state index in [0.29, 0.717) is 25.2 Å². The van der Waals surface area contributed by atoms with Crippen molar-refractivity contribution in [2.45, 2.75) is 71.1 Å². The third kappa shape index (κ3) is 4.99. The molecule has 1 aliphatic heterocycles. The highest BCUT2D eigenvalue weighted by atomic mass is 16.5. The molecule has 22 heavy (non-hydrogen) atoms. The van der Waals surface area contributed by atoms with Crippen molar-refractivity contribution in [3.05, 3.63) is 29.8 Å². The van der Waals surface area contributed by atoms with E-state index < -0.39 is 6.10 Å². The highest BCUT2D eigenvalue weighted by Crippen LogP contribution is 2.22. The summed E-state index contributed by atoms with van der Waals surface area (Å²) in [6.07, 6.45) is 5.60. The number of ether oxygens (including phenoxy) is 1. The van der Waals surface area contributed by atoms with Gasteiger partial charge in [0, 0.05) is 18.6 Å². The Hall–Kier alpha value is -1.06. The maximum atomic E-state index is 10.3. The van der Waals surface area contributed by atoms with E-state index in [1.54, 1.807) is 0 Å². The van der Waals surface area contributed by atoms with Gasteiger partial charge in [0.15, 0.2) is 0 Å². The Morgan fingerprint density at radius 3 is 2.41 bits per heavy atom. The molecule has 1 fully saturated rings. The number of hydrogen-bond acceptors (Lipinski definition) is 3. The lowest BCUT2D eigenvalue weighted by Gasteiger charge is -2.40. The molecule has 1 heterocycles. The van der Waals surface area contributed by atoms with Crippen molar-refractivity contribution in [3.63, 3.8) is 0 Å². The van der Waals surface area contributed by atoms with Gasteiger partial charge in [0.2, 0.25) is 0 Å². The van der Waals surface area contributed by atoms with Gasteiger partial charge in [-0.2, -0.15) is 0 Å². The first-order valence-electron chi connectivity index (χ1n) is 8.75. The summed E-state index contributed by atoms with van der Waals surface area (Å²) in [6, 6.07) is 9.35. The van der Waals surface area contributed by atoms with Crippen LogP contribution in [0.4, 0.5) is 0 Å². The molecule has 124 valence electrons. The van der Waals surface area contributed by atoms with E-state index in [4.69, 9.17) is 4.74 Å². The molecule has 1 aromatic rings. The molecule has 0 saturated carbocycles. The molecular weight excluding hydrogens is 274 g/mol. The lowest BCUT2D eigenvalue weighted by molar-refractivity contribution is 0.0209. The third-order valence-corrected chi connectivity index (χ3v) is 4.70. The van der Waals surface area contributed by atoms with E-state index in [-0.39, 0.29) is 0 Å². The van der Waals surface area contributed by atoms with Crippen molar-refractivity contribution >= 4 is 0 Å². The number of aliphatic hydroxyl groups is 1. The number of rotatable bonds is 7. The smallest absolute Gasteiger partial charge is 0.119 e. The lowest BCUT2D eigenvalue weighted by Crippen LogP contribution is -2.48. The highest BCUT2D eigenvalue weighted by molar-refractivity contribution is 5.27. The zero-order valence-corrected chi connectivity index (χ0v) is 14.3. The summed E-state index contributed by atoms with van der Waals surface area (Å²) in [5.74, 6) is 0.846. The zero-order valence-electron chi connectivity index (χ0n) is 14.3. The van der Waals surface area contributed by atoms with Gasteiger partial charge in [0.25, 0.3) is 0 Å². The minimum absolute atomic E-state index is 0.364. The van der Waals surface area contributed by atoms with Crippen molar-refractivity contribution in [1.82, 2.24) is 4.90 Å². The van der Waals surface area contributed by atoms with Crippen molar-refractivity contribution in [3.8, 4) is 5.75 Å². The number of nitrogens with zero attached hydrogens (tertiary/aromatic N) is 1. The monoisotopic (exact) mass is 305 g/mol. The molecule has 0 aliphatic carbocycles. The van der Waals surface area contributed by atoms with E-state index in [1.165, 1.54) is 24.8 Å². The number of β-amino-alcohol motifs (C(OH)–C–C–N with tert-alkyl or cyclic N) is 1. The number of aliphatic hydroxyl groups excluding tert-OH is 1. The van der Waals surface area contributed by atoms with Gasteiger partial charge in [0.05, 0.1) is 0 Å². The van der Waals surface area contributed by atoms with Crippen LogP contribution in [0.25, 0.3) is 0 Å². The molecule has 0 radical (unpaired) electrons. The standard InChI is InChI=1S/C19H31NO2/c1-4-6-17-9-11-19(12-10-17)22-14-18(21)13-20-15(2)7-5-8-16(20)3/h9-12,15-16,18,21H,4-8,13-14H2,1-3H3. The Balaban J connectivity index is 1.78. The van der Waals surface area contributed by atoms with Crippen LogP contribution in [-0.4, -0.2) is 41.3 Å². The maximum Gasteiger partial charge on any atom is 0.119 e. The average Bonchev–Trinajstić information content (AvgIpc) is 2.51. The molecule has 1 aliphatic rings. The fraction of sp³-hybridized carbons (Fsp3) is 0.684. The summed E-state index contributed by atoms with van der Waals surface area (Å²) < 4.78 is 5.74. The average molecular weight is 305 g/mol. The summed E-state index contributed by atoms with van der Waals surface area (Å²) >= 11 is 0. The molecule has 0 spiro atoms. The Labute approximate surface area is 135 Å². The van der Waals surface area contributed by atoms with Crippen LogP contribution in [0.2, 0.25) is 0 Å². The molecule has 1 saturated heterocycles. The fourth-order valence-corrected chi connectivity index (χ4v) is 3.36. The van der Waals surface area contributed by atoms with Crippen LogP contribution in [0.15, 0.2) is 24.3 Å². The second-order valence-corrected chi connectivity index (χ2v) is 6.68. The molecule has 0 aromatic heterocycles. The SMILES string of the molecule is CCCc1ccc(OCC(O)CN2C(C)CCCC2C)cc1. The molecule has 0 bridgehead atoms. The first kappa shape index (κ1) is 17.3. The molecule has 2 rings (SSSR count). The summed E-state index contributed by atoms with van der Waals surface area (Å²) in [7, 11) is 0. The molecule has 3 nitrogen and oxygen atoms in total. The lowest BCUT2D eigenvalue weighted by atomic mass is 9.97. The quantitative estimate of drug-likeness (QED) is 0.835. The second kappa shape index (κ2) is 8.54. The fourth-order valence-electron chi connectivity index (χ4n) is 3.36. The normalized spacial score (nSPS) is 24.2. The van der Waals surface area contributed by atoms with Crippen LogP contribution in [0, 0.1) is 0 Å². The van der Waals surface area contributed by atoms with Gasteiger partial charge in [-0.15, -0.1) is 0 Å². The van der Waals surface area contributed by atoms with Gasteiger partial charge in [-0.1, -0.05) is 31.9 Å². The first-order valence-corrected chi connectivity index (χ1v) is 8.75. The van der Waals surface area contributed by atoms with Gasteiger partial charge in [-0.3, -0.25) is 4.90 Å². The second-order valence-electron chi connectivity index (χ2n) is 6.68. The van der Waals surface area contributed by atoms with Crippen LogP contribution in [0.1, 0.15) is 52.0 Å². The van der Waals surface area contributed by atoms with E-state index in [9.17, 15) is 5.11 Å². The highest BCUT2D eigenvalue weighted by Gasteiger charge is 2.26. The summed E-state index contributed by atoms with van der Waals surface area (Å²) in [5.41, 5.74) is 1.34. The Morgan fingerprint density at radius 2 is 1.82 bits per heavy atom. The van der Waals surface area contributed by atoms with Gasteiger partial charge < -0.3 is 9.84 Å². The minimum atomic E-state index is -0.432. The number of likely N-dealkylation sites (tertiary alicyclic amines) is 1. The van der Waals surface area contributed by atoms with Gasteiger partial charge in [-0.05, 0) is 50.8 Å². The van der Waals surface area contributed by atoms with E-state index in [2.05, 4.69) is 37.8 Å². The van der Waals surface area contributed by atoms with Crippen LogP contribution in [0.5, 0.6) is 5.75 Å². The Bertz CT molecular complexity index is 422. The van der Waals surface area contributed by atoms with Gasteiger partial charge >= 0.3 is 0 Å². The number of hydrogen-bond donors (Lipinski definition) is 1. The van der Waals surface area contributed by atoms with Gasteiger partial charge in [0.1, 0.15) is 18.5 Å². The molecule has 3 unspecified atom stereocenters. The molecule has 3 atom stereocenters. The largest absolute Gasteiger partial charge is 0.491 e. The predicted octanol–water partition coefficient (Wildman–Crippen LogP) is 3.64. The summed E-state index contributed by atoms with van der Waals surface area (Å²) in [5, 5.41) is 10.3. The van der Waals surface area contributed by atoms with Gasteiger partial charge in [-0.25, -0.2) is 0 Å². The van der Waals surface area contributed by atoms with Crippen LogP contribution >= 0.6 is 0 Å². The minimum Gasteiger partial charge on any atom is -0.491 e. The van der Waals surface area contributed by atoms with Crippen molar-refractivity contribution in [2.24, 2.45) is 0 Å². The van der Waals surface area contributed by atoms with E-state index >= 15 is 0 Å². The number of aryl methyl sites for hydroxylation is 1. The predicted molar refractivity (Wildman–Crippen MR) is 91.4 cm³/mol. The van der Waals surface area contributed by atoms with Crippen LogP contribution in [-0.2, 0) is 6.42 Å². The van der Waals surface area contributed by atoms with Crippen molar-refractivity contribution in [1.29, 1.82) is 0 Å². The molecule has 0 amide bonds. The topological polar surface area (TPSA) is 32.7 Å². The molecule has 3 heteroatoms. The van der Waals surface area contributed by atoms with Crippen LogP contribution in [0.3, 0.4) is 0 Å². The Morgan fingerprint density at radius 1 is 1.18 bits per heavy atom. The molecular formula is C19H31NO2. The number of piperidine rings is 1. The number of benzene rings is 1. The maximum absolute atomic E-state index is 10.3. The third-order valence-electron chi connectivity index (χ3n) is 4.70. The first-order chi connectivity index (χ1) is 10.6. The summed E-state index contributed by atoms with van der Waals surface area (Å²) in [4.78, 5) is 2.42. The van der Waals surface area contributed by atoms with E-state index in [1.807, 2.05) is 12.1 Å². The van der Waals surface area contributed by atoms with Crippen LogP contribution < -0.4 is 4.74 Å². The molecule has 1 aromatic carbocycles. The van der Waals surface area contributed by atoms with Crippen molar-refractivity contribution in [2.75, 3.05) is 13.2 Å². The molecule has 1 N–H and O–H groups in total.